The molecule has 1 fully saturated rings. The van der Waals surface area contributed by atoms with Crippen LogP contribution in [0.25, 0.3) is 5.65 Å². The number of likely N-dealkylation sites (tertiary alicyclic amines) is 1. The average molecular weight is 336 g/mol. The fourth-order valence-electron chi connectivity index (χ4n) is 3.56. The zero-order chi connectivity index (χ0) is 17.1. The minimum Gasteiger partial charge on any atom is -0.372 e. The van der Waals surface area contributed by atoms with Crippen LogP contribution in [-0.2, 0) is 17.9 Å². The van der Waals surface area contributed by atoms with E-state index in [1.54, 1.807) is 6.20 Å². The molecule has 5 nitrogen and oxygen atoms in total. The van der Waals surface area contributed by atoms with Crippen LogP contribution < -0.4 is 0 Å². The highest BCUT2D eigenvalue weighted by Crippen LogP contribution is 2.19. The first-order valence-corrected chi connectivity index (χ1v) is 8.95. The Hall–Kier alpha value is -2.24. The van der Waals surface area contributed by atoms with Crippen molar-refractivity contribution in [2.75, 3.05) is 13.1 Å². The molecule has 1 atom stereocenters. The first kappa shape index (κ1) is 16.2. The summed E-state index contributed by atoms with van der Waals surface area (Å²) in [5.41, 5.74) is 4.56. The summed E-state index contributed by atoms with van der Waals surface area (Å²) in [5, 5.41) is 0. The van der Waals surface area contributed by atoms with Crippen molar-refractivity contribution in [3.63, 3.8) is 0 Å². The molecule has 3 aromatic heterocycles. The topological polar surface area (TPSA) is 42.7 Å². The van der Waals surface area contributed by atoms with Gasteiger partial charge in [-0.25, -0.2) is 4.98 Å². The third-order valence-corrected chi connectivity index (χ3v) is 4.87. The van der Waals surface area contributed by atoms with E-state index in [1.165, 1.54) is 12.1 Å². The molecule has 4 heterocycles. The van der Waals surface area contributed by atoms with E-state index in [0.717, 1.165) is 43.0 Å². The normalized spacial score (nSPS) is 18.7. The number of ether oxygens (including phenoxy) is 1. The van der Waals surface area contributed by atoms with Crippen LogP contribution in [0.2, 0.25) is 0 Å². The van der Waals surface area contributed by atoms with Crippen LogP contribution in [0.4, 0.5) is 0 Å². The van der Waals surface area contributed by atoms with Crippen molar-refractivity contribution in [1.29, 1.82) is 0 Å². The molecule has 0 unspecified atom stereocenters. The van der Waals surface area contributed by atoms with Crippen molar-refractivity contribution in [2.24, 2.45) is 0 Å². The molecule has 0 N–H and O–H groups in total. The zero-order valence-corrected chi connectivity index (χ0v) is 14.6. The molecule has 0 radical (unpaired) electrons. The van der Waals surface area contributed by atoms with E-state index in [0.29, 0.717) is 6.61 Å². The summed E-state index contributed by atoms with van der Waals surface area (Å²) in [6.45, 7) is 5.75. The lowest BCUT2D eigenvalue weighted by Crippen LogP contribution is -2.39. The second-order valence-corrected chi connectivity index (χ2v) is 6.74. The summed E-state index contributed by atoms with van der Waals surface area (Å²) in [5.74, 6) is 0. The van der Waals surface area contributed by atoms with Crippen molar-refractivity contribution in [3.05, 3.63) is 65.9 Å². The molecular weight excluding hydrogens is 312 g/mol. The lowest BCUT2D eigenvalue weighted by molar-refractivity contribution is -0.0125. The van der Waals surface area contributed by atoms with Crippen LogP contribution in [0.1, 0.15) is 29.8 Å². The van der Waals surface area contributed by atoms with Gasteiger partial charge in [-0.3, -0.25) is 9.88 Å². The van der Waals surface area contributed by atoms with Crippen LogP contribution >= 0.6 is 0 Å². The Bertz CT molecular complexity index is 830. The molecule has 0 amide bonds. The Kier molecular flexibility index (Phi) is 4.76. The SMILES string of the molecule is Cc1nc2ccccn2c1CN1CCC[C@H](OCc2cccnc2)C1. The molecule has 5 heteroatoms. The number of pyridine rings is 2. The fraction of sp³-hybridized carbons (Fsp3) is 0.400. The summed E-state index contributed by atoms with van der Waals surface area (Å²) < 4.78 is 8.34. The van der Waals surface area contributed by atoms with E-state index < -0.39 is 0 Å². The smallest absolute Gasteiger partial charge is 0.137 e. The molecule has 0 aliphatic carbocycles. The van der Waals surface area contributed by atoms with E-state index in [-0.39, 0.29) is 6.10 Å². The van der Waals surface area contributed by atoms with E-state index in [2.05, 4.69) is 50.6 Å². The molecule has 0 saturated carbocycles. The van der Waals surface area contributed by atoms with Crippen LogP contribution in [-0.4, -0.2) is 38.5 Å². The molecule has 1 saturated heterocycles. The third-order valence-electron chi connectivity index (χ3n) is 4.87. The Balaban J connectivity index is 1.40. The molecule has 0 spiro atoms. The van der Waals surface area contributed by atoms with Crippen molar-refractivity contribution in [3.8, 4) is 0 Å². The number of piperidine rings is 1. The molecule has 1 aliphatic heterocycles. The minimum absolute atomic E-state index is 0.286. The maximum Gasteiger partial charge on any atom is 0.137 e. The molecule has 3 aromatic rings. The van der Waals surface area contributed by atoms with Crippen LogP contribution in [0.5, 0.6) is 0 Å². The van der Waals surface area contributed by atoms with Crippen LogP contribution in [0.3, 0.4) is 0 Å². The minimum atomic E-state index is 0.286. The zero-order valence-electron chi connectivity index (χ0n) is 14.6. The Morgan fingerprint density at radius 3 is 3.08 bits per heavy atom. The van der Waals surface area contributed by atoms with E-state index in [4.69, 9.17) is 4.74 Å². The Morgan fingerprint density at radius 1 is 1.24 bits per heavy atom. The molecule has 0 bridgehead atoms. The number of imidazole rings is 1. The maximum absolute atomic E-state index is 6.13. The summed E-state index contributed by atoms with van der Waals surface area (Å²) in [6.07, 6.45) is 8.36. The van der Waals surface area contributed by atoms with Gasteiger partial charge in [-0.15, -0.1) is 0 Å². The molecular formula is C20H24N4O. The summed E-state index contributed by atoms with van der Waals surface area (Å²) >= 11 is 0. The van der Waals surface area contributed by atoms with Gasteiger partial charge >= 0.3 is 0 Å². The van der Waals surface area contributed by atoms with Gasteiger partial charge in [-0.2, -0.15) is 0 Å². The van der Waals surface area contributed by atoms with Crippen molar-refractivity contribution < 1.29 is 4.74 Å². The van der Waals surface area contributed by atoms with Gasteiger partial charge in [0, 0.05) is 31.7 Å². The number of nitrogens with zero attached hydrogens (tertiary/aromatic N) is 4. The summed E-state index contributed by atoms with van der Waals surface area (Å²) in [6, 6.07) is 10.2. The highest BCUT2D eigenvalue weighted by atomic mass is 16.5. The van der Waals surface area contributed by atoms with Gasteiger partial charge in [0.2, 0.25) is 0 Å². The van der Waals surface area contributed by atoms with Gasteiger partial charge in [-0.05, 0) is 50.1 Å². The highest BCUT2D eigenvalue weighted by Gasteiger charge is 2.22. The first-order chi connectivity index (χ1) is 12.3. The average Bonchev–Trinajstić information content (AvgIpc) is 2.97. The summed E-state index contributed by atoms with van der Waals surface area (Å²) in [4.78, 5) is 11.3. The number of rotatable bonds is 5. The van der Waals surface area contributed by atoms with Gasteiger partial charge in [0.15, 0.2) is 0 Å². The number of fused-ring (bicyclic) bond motifs is 1. The van der Waals surface area contributed by atoms with Gasteiger partial charge in [0.1, 0.15) is 5.65 Å². The second-order valence-electron chi connectivity index (χ2n) is 6.74. The van der Waals surface area contributed by atoms with Crippen molar-refractivity contribution in [1.82, 2.24) is 19.3 Å². The molecule has 4 rings (SSSR count). The first-order valence-electron chi connectivity index (χ1n) is 8.95. The quantitative estimate of drug-likeness (QED) is 0.717. The fourth-order valence-corrected chi connectivity index (χ4v) is 3.56. The van der Waals surface area contributed by atoms with Gasteiger partial charge < -0.3 is 9.14 Å². The van der Waals surface area contributed by atoms with E-state index in [1.807, 2.05) is 18.3 Å². The van der Waals surface area contributed by atoms with Crippen molar-refractivity contribution in [2.45, 2.75) is 39.0 Å². The van der Waals surface area contributed by atoms with Gasteiger partial charge in [0.05, 0.1) is 24.1 Å². The van der Waals surface area contributed by atoms with Gasteiger partial charge in [-0.1, -0.05) is 12.1 Å². The van der Waals surface area contributed by atoms with Crippen molar-refractivity contribution >= 4 is 5.65 Å². The monoisotopic (exact) mass is 336 g/mol. The van der Waals surface area contributed by atoms with E-state index >= 15 is 0 Å². The maximum atomic E-state index is 6.13. The Morgan fingerprint density at radius 2 is 2.20 bits per heavy atom. The highest BCUT2D eigenvalue weighted by molar-refractivity contribution is 5.42. The number of aromatic nitrogens is 3. The predicted molar refractivity (Wildman–Crippen MR) is 97.3 cm³/mol. The number of aryl methyl sites for hydroxylation is 1. The Labute approximate surface area is 148 Å². The second kappa shape index (κ2) is 7.33. The lowest BCUT2D eigenvalue weighted by atomic mass is 10.1. The third kappa shape index (κ3) is 3.72. The van der Waals surface area contributed by atoms with Gasteiger partial charge in [0.25, 0.3) is 0 Å². The molecule has 1 aliphatic rings. The molecule has 0 aromatic carbocycles. The van der Waals surface area contributed by atoms with Crippen LogP contribution in [0, 0.1) is 6.92 Å². The summed E-state index contributed by atoms with van der Waals surface area (Å²) in [7, 11) is 0. The molecule has 25 heavy (non-hydrogen) atoms. The standard InChI is InChI=1S/C20H24N4O/c1-16-19(24-11-3-2-8-20(24)22-16)14-23-10-5-7-18(13-23)25-15-17-6-4-9-21-12-17/h2-4,6,8-9,11-12,18H,5,7,10,13-15H2,1H3/t18-/m0/s1. The van der Waals surface area contributed by atoms with E-state index in [9.17, 15) is 0 Å². The number of hydrogen-bond donors (Lipinski definition) is 0. The number of hydrogen-bond acceptors (Lipinski definition) is 4. The largest absolute Gasteiger partial charge is 0.372 e. The lowest BCUT2D eigenvalue weighted by Gasteiger charge is -2.32. The van der Waals surface area contributed by atoms with Crippen LogP contribution in [0.15, 0.2) is 48.9 Å². The predicted octanol–water partition coefficient (Wildman–Crippen LogP) is 3.22. The molecule has 130 valence electrons.